The van der Waals surface area contributed by atoms with Crippen molar-refractivity contribution in [2.45, 2.75) is 0 Å². The van der Waals surface area contributed by atoms with E-state index in [9.17, 15) is 0 Å². The van der Waals surface area contributed by atoms with Crippen molar-refractivity contribution in [3.05, 3.63) is 309 Å². The van der Waals surface area contributed by atoms with Crippen molar-refractivity contribution in [3.63, 3.8) is 0 Å². The lowest BCUT2D eigenvalue weighted by molar-refractivity contribution is 0.953. The molecule has 15 aromatic rings. The molecule has 0 bridgehead atoms. The molecule has 0 saturated heterocycles. The second-order valence-corrected chi connectivity index (χ2v) is 21.1. The third-order valence-electron chi connectivity index (χ3n) is 15.7. The molecule has 3 aromatic heterocycles. The molecule has 0 aliphatic carbocycles. The van der Waals surface area contributed by atoms with Crippen molar-refractivity contribution >= 4 is 21.8 Å². The van der Waals surface area contributed by atoms with Gasteiger partial charge in [-0.15, -0.1) is 0 Å². The minimum atomic E-state index is 0.512. The second-order valence-electron chi connectivity index (χ2n) is 21.1. The zero-order valence-electron chi connectivity index (χ0n) is 46.1. The Bertz CT molecular complexity index is 4930. The number of hydrogen-bond donors (Lipinski definition) is 0. The van der Waals surface area contributed by atoms with Gasteiger partial charge >= 0.3 is 0 Å². The average Bonchev–Trinajstić information content (AvgIpc) is 1.78. The van der Waals surface area contributed by atoms with Crippen LogP contribution >= 0.6 is 0 Å². The summed E-state index contributed by atoms with van der Waals surface area (Å²) in [5.41, 5.74) is 19.6. The lowest BCUT2D eigenvalue weighted by Crippen LogP contribution is -2.06. The van der Waals surface area contributed by atoms with E-state index in [1.54, 1.807) is 0 Å². The summed E-state index contributed by atoms with van der Waals surface area (Å²) in [6.45, 7) is 0. The van der Waals surface area contributed by atoms with E-state index < -0.39 is 0 Å². The maximum Gasteiger partial charge on any atom is 0.238 e. The molecular formula is C78H51N7. The third kappa shape index (κ3) is 10.0. The van der Waals surface area contributed by atoms with Crippen LogP contribution in [0.3, 0.4) is 0 Å². The smallest absolute Gasteiger partial charge is 0.238 e. The molecule has 85 heavy (non-hydrogen) atoms. The molecule has 0 aliphatic heterocycles. The Balaban J connectivity index is 0.880. The monoisotopic (exact) mass is 1090 g/mol. The van der Waals surface area contributed by atoms with Crippen LogP contribution in [-0.2, 0) is 0 Å². The summed E-state index contributed by atoms with van der Waals surface area (Å²) < 4.78 is 2.20. The topological polar surface area (TPSA) is 82.3 Å². The molecule has 398 valence electrons. The summed E-state index contributed by atoms with van der Waals surface area (Å²) in [7, 11) is 0. The lowest BCUT2D eigenvalue weighted by atomic mass is 9.96. The van der Waals surface area contributed by atoms with Crippen LogP contribution in [0.2, 0.25) is 0 Å². The maximum absolute atomic E-state index is 5.43. The first-order valence-corrected chi connectivity index (χ1v) is 28.5. The van der Waals surface area contributed by atoms with E-state index >= 15 is 0 Å². The number of hydrogen-bond acceptors (Lipinski definition) is 6. The van der Waals surface area contributed by atoms with E-state index in [1.807, 2.05) is 60.7 Å². The SMILES string of the molecule is c1ccc(-c2cccc(-c3cccc(-c4nc(-c5ccccc5)nc(-c5cccc(-c6cccc7c6c6cc(-c8ccccc8)ccc6n7-c6nc(-c7ccccc7)nc(-c7cccc(-c8cccc(-c9ccccc9)c8)c7)n6)c5)n4)c3)c2)cc1. The molecule has 3 heterocycles. The van der Waals surface area contributed by atoms with Crippen molar-refractivity contribution in [1.82, 2.24) is 34.5 Å². The van der Waals surface area contributed by atoms with E-state index in [4.69, 9.17) is 29.9 Å². The molecule has 0 amide bonds. The van der Waals surface area contributed by atoms with E-state index in [0.717, 1.165) is 105 Å². The van der Waals surface area contributed by atoms with Crippen LogP contribution in [0.1, 0.15) is 0 Å². The molecule has 0 fully saturated rings. The molecule has 0 unspecified atom stereocenters. The molecule has 0 radical (unpaired) electrons. The van der Waals surface area contributed by atoms with Gasteiger partial charge in [0, 0.05) is 38.6 Å². The fourth-order valence-corrected chi connectivity index (χ4v) is 11.5. The molecule has 0 saturated carbocycles. The maximum atomic E-state index is 5.43. The van der Waals surface area contributed by atoms with E-state index in [2.05, 4.69) is 253 Å². The van der Waals surface area contributed by atoms with Crippen LogP contribution in [0.15, 0.2) is 309 Å². The van der Waals surface area contributed by atoms with Gasteiger partial charge in [0.1, 0.15) is 0 Å². The van der Waals surface area contributed by atoms with Crippen molar-refractivity contribution in [2.24, 2.45) is 0 Å². The molecular weight excluding hydrogens is 1030 g/mol. The third-order valence-corrected chi connectivity index (χ3v) is 15.7. The number of rotatable bonds is 12. The molecule has 0 aliphatic rings. The molecule has 0 spiro atoms. The Morgan fingerprint density at radius 1 is 0.188 bits per heavy atom. The van der Waals surface area contributed by atoms with E-state index in [0.29, 0.717) is 35.1 Å². The van der Waals surface area contributed by atoms with Gasteiger partial charge in [0.2, 0.25) is 5.95 Å². The Labute approximate surface area is 492 Å². The summed E-state index contributed by atoms with van der Waals surface area (Å²) in [4.78, 5) is 31.7. The predicted octanol–water partition coefficient (Wildman–Crippen LogP) is 19.5. The molecule has 0 atom stereocenters. The zero-order valence-corrected chi connectivity index (χ0v) is 46.1. The highest BCUT2D eigenvalue weighted by Crippen LogP contribution is 2.42. The summed E-state index contributed by atoms with van der Waals surface area (Å²) in [6, 6.07) is 108. The van der Waals surface area contributed by atoms with Crippen LogP contribution in [0.5, 0.6) is 0 Å². The van der Waals surface area contributed by atoms with Gasteiger partial charge in [0.05, 0.1) is 11.0 Å². The highest BCUT2D eigenvalue weighted by atomic mass is 15.2. The van der Waals surface area contributed by atoms with Crippen LogP contribution in [-0.4, -0.2) is 34.5 Å². The quantitative estimate of drug-likeness (QED) is 0.121. The summed E-state index contributed by atoms with van der Waals surface area (Å²) in [6.07, 6.45) is 0. The molecule has 12 aromatic carbocycles. The standard InChI is InChI=1S/C78H51N7/c1-6-22-52(23-7-1)57-32-16-34-59(46-57)61-36-18-39-65(48-61)75-79-73(55-28-12-4-13-29-55)80-76(82-75)67-41-20-38-64(50-67)68-42-21-43-71-72(68)69-51-63(54-26-10-3-11-27-54)44-45-70(69)85(71)78-83-74(56-30-14-5-15-31-56)81-77(84-78)66-40-19-37-62(49-66)60-35-17-33-58(47-60)53-24-8-2-9-25-53/h1-51H. The number of aromatic nitrogens is 7. The summed E-state index contributed by atoms with van der Waals surface area (Å²) in [5, 5.41) is 2.12. The normalized spacial score (nSPS) is 11.3. The van der Waals surface area contributed by atoms with Crippen molar-refractivity contribution in [1.29, 1.82) is 0 Å². The molecule has 0 N–H and O–H groups in total. The highest BCUT2D eigenvalue weighted by molar-refractivity contribution is 6.16. The van der Waals surface area contributed by atoms with Gasteiger partial charge in [-0.25, -0.2) is 19.9 Å². The Hall–Kier alpha value is -11.5. The number of benzene rings is 12. The first kappa shape index (κ1) is 50.4. The lowest BCUT2D eigenvalue weighted by Gasteiger charge is -2.12. The number of fused-ring (bicyclic) bond motifs is 3. The van der Waals surface area contributed by atoms with Gasteiger partial charge in [-0.1, -0.05) is 261 Å². The Morgan fingerprint density at radius 2 is 0.482 bits per heavy atom. The van der Waals surface area contributed by atoms with Gasteiger partial charge in [0.25, 0.3) is 0 Å². The van der Waals surface area contributed by atoms with Crippen LogP contribution in [0.25, 0.3) is 151 Å². The predicted molar refractivity (Wildman–Crippen MR) is 347 cm³/mol. The molecule has 15 rings (SSSR count). The molecule has 7 heteroatoms. The van der Waals surface area contributed by atoms with Gasteiger partial charge in [0.15, 0.2) is 29.1 Å². The van der Waals surface area contributed by atoms with Crippen LogP contribution in [0.4, 0.5) is 0 Å². The van der Waals surface area contributed by atoms with Gasteiger partial charge in [-0.05, 0) is 115 Å². The summed E-state index contributed by atoms with van der Waals surface area (Å²) in [5.74, 6) is 3.41. The van der Waals surface area contributed by atoms with Crippen molar-refractivity contribution in [3.8, 4) is 130 Å². The highest BCUT2D eigenvalue weighted by Gasteiger charge is 2.22. The Kier molecular flexibility index (Phi) is 13.1. The second kappa shape index (κ2) is 22.1. The first-order valence-electron chi connectivity index (χ1n) is 28.5. The fraction of sp³-hybridized carbons (Fsp3) is 0. The largest absolute Gasteiger partial charge is 0.278 e. The van der Waals surface area contributed by atoms with E-state index in [-0.39, 0.29) is 0 Å². The van der Waals surface area contributed by atoms with Crippen molar-refractivity contribution in [2.75, 3.05) is 0 Å². The number of nitrogens with zero attached hydrogens (tertiary/aromatic N) is 7. The minimum Gasteiger partial charge on any atom is -0.278 e. The minimum absolute atomic E-state index is 0.512. The molecule has 7 nitrogen and oxygen atoms in total. The fourth-order valence-electron chi connectivity index (χ4n) is 11.5. The zero-order chi connectivity index (χ0) is 56.5. The van der Waals surface area contributed by atoms with Crippen LogP contribution in [0, 0.1) is 0 Å². The van der Waals surface area contributed by atoms with Gasteiger partial charge in [-0.3, -0.25) is 4.57 Å². The Morgan fingerprint density at radius 3 is 0.918 bits per heavy atom. The first-order chi connectivity index (χ1) is 42.1. The average molecular weight is 1090 g/mol. The van der Waals surface area contributed by atoms with Gasteiger partial charge < -0.3 is 0 Å². The van der Waals surface area contributed by atoms with Crippen molar-refractivity contribution < 1.29 is 0 Å². The van der Waals surface area contributed by atoms with Gasteiger partial charge in [-0.2, -0.15) is 9.97 Å². The van der Waals surface area contributed by atoms with E-state index in [1.165, 1.54) is 11.1 Å². The van der Waals surface area contributed by atoms with Crippen LogP contribution < -0.4 is 0 Å². The summed E-state index contributed by atoms with van der Waals surface area (Å²) >= 11 is 0.